The maximum Gasteiger partial charge on any atom is 2.00 e. The first-order valence-electron chi connectivity index (χ1n) is 36.4. The van der Waals surface area contributed by atoms with Crippen molar-refractivity contribution in [2.45, 2.75) is 267 Å². The number of hydrogen-bond donors (Lipinski definition) is 0. The van der Waals surface area contributed by atoms with Crippen molar-refractivity contribution in [2.75, 3.05) is 0 Å². The molecule has 0 aromatic heterocycles. The van der Waals surface area contributed by atoms with Crippen LogP contribution >= 0.6 is 0 Å². The van der Waals surface area contributed by atoms with Crippen molar-refractivity contribution in [2.24, 2.45) is 0 Å². The van der Waals surface area contributed by atoms with E-state index in [1.165, 1.54) is 64.6 Å². The van der Waals surface area contributed by atoms with Gasteiger partial charge in [-0.2, -0.15) is 67.4 Å². The first kappa shape index (κ1) is 147. The summed E-state index contributed by atoms with van der Waals surface area (Å²) in [5.74, 6) is 11.9. The number of aryl methyl sites for hydroxylation is 4. The molecule has 0 aliphatic rings. The van der Waals surface area contributed by atoms with Gasteiger partial charge in [-0.05, 0) is 72.2 Å². The molecule has 0 aliphatic carbocycles. The van der Waals surface area contributed by atoms with Crippen LogP contribution in [0.2, 0.25) is 0 Å². The fourth-order valence-corrected chi connectivity index (χ4v) is 5.86. The zero-order valence-electron chi connectivity index (χ0n) is 70.7. The van der Waals surface area contributed by atoms with Crippen LogP contribution < -0.4 is 0 Å². The fraction of sp³-hybridized carbons (Fsp3) is 0.419. The quantitative estimate of drug-likeness (QED) is 0.0554. The van der Waals surface area contributed by atoms with Crippen molar-refractivity contribution in [3.8, 4) is 23.7 Å². The van der Waals surface area contributed by atoms with E-state index in [1.54, 1.807) is 6.08 Å². The minimum absolute atomic E-state index is 0. The Bertz CT molecular complexity index is 2420. The van der Waals surface area contributed by atoms with Crippen molar-refractivity contribution in [3.63, 3.8) is 0 Å². The second-order valence-electron chi connectivity index (χ2n) is 14.7. The van der Waals surface area contributed by atoms with Gasteiger partial charge < -0.3 is 19.6 Å². The molecule has 0 saturated carbocycles. The zero-order valence-corrected chi connectivity index (χ0v) is 87.9. The summed E-state index contributed by atoms with van der Waals surface area (Å²) < 4.78 is 0. The molecule has 7 rings (SSSR count). The molecule has 4 radical (unpaired) electrons. The van der Waals surface area contributed by atoms with Crippen molar-refractivity contribution in [3.05, 3.63) is 284 Å². The van der Waals surface area contributed by atoms with E-state index < -0.39 is 0 Å². The van der Waals surface area contributed by atoms with Crippen LogP contribution in [0.15, 0.2) is 176 Å². The molecule has 0 saturated heterocycles. The van der Waals surface area contributed by atoms with Gasteiger partial charge in [0, 0.05) is 142 Å². The van der Waals surface area contributed by atoms with Gasteiger partial charge in [0.1, 0.15) is 0 Å². The van der Waals surface area contributed by atoms with Gasteiger partial charge in [-0.1, -0.05) is 349 Å². The van der Waals surface area contributed by atoms with Crippen LogP contribution in [0.5, 0.6) is 0 Å². The molecular weight excluding hydrogens is 1840 g/mol. The molecule has 99 heavy (non-hydrogen) atoms. The Morgan fingerprint density at radius 2 is 0.556 bits per heavy atom. The Balaban J connectivity index is -0.0000000440. The Morgan fingerprint density at radius 3 is 0.818 bits per heavy atom. The summed E-state index contributed by atoms with van der Waals surface area (Å²) in [5, 5.41) is 0. The third kappa shape index (κ3) is 108. The van der Waals surface area contributed by atoms with E-state index in [2.05, 4.69) is 212 Å². The average molecular weight is 1990 g/mol. The van der Waals surface area contributed by atoms with Crippen LogP contribution in [0, 0.1) is 70.1 Å². The van der Waals surface area contributed by atoms with Crippen LogP contribution in [-0.4, -0.2) is 0 Å². The molecule has 0 aliphatic heterocycles. The molecule has 0 spiro atoms. The smallest absolute Gasteiger partial charge is 0.358 e. The van der Waals surface area contributed by atoms with Crippen LogP contribution in [0.3, 0.4) is 0 Å². The maximum atomic E-state index is 3.86. The van der Waals surface area contributed by atoms with Crippen LogP contribution in [-0.2, 0) is 199 Å². The minimum Gasteiger partial charge on any atom is -0.358 e. The van der Waals surface area contributed by atoms with Crippen molar-refractivity contribution in [1.29, 1.82) is 0 Å². The van der Waals surface area contributed by atoms with Crippen LogP contribution in [0.25, 0.3) is 18.2 Å². The van der Waals surface area contributed by atoms with E-state index in [-0.39, 0.29) is 180 Å². The Kier molecular flexibility index (Phi) is 218. The second-order valence-corrected chi connectivity index (χ2v) is 14.7. The van der Waals surface area contributed by atoms with Gasteiger partial charge in [0.2, 0.25) is 0 Å². The number of benzene rings is 7. The summed E-state index contributed by atoms with van der Waals surface area (Å²) in [5.41, 5.74) is 13.3. The van der Waals surface area contributed by atoms with Gasteiger partial charge in [-0.3, -0.25) is 36.1 Å². The van der Waals surface area contributed by atoms with Gasteiger partial charge in [-0.25, -0.2) is 19.1 Å². The van der Waals surface area contributed by atoms with E-state index in [0.717, 1.165) is 41.5 Å². The van der Waals surface area contributed by atoms with Crippen LogP contribution in [0.1, 0.15) is 302 Å². The Morgan fingerprint density at radius 1 is 0.313 bits per heavy atom. The van der Waals surface area contributed by atoms with Gasteiger partial charge in [0.05, 0.1) is 0 Å². The third-order valence-corrected chi connectivity index (χ3v) is 9.77. The molecule has 0 unspecified atom stereocenters. The number of allylic oxidation sites excluding steroid dienone is 1. The standard InChI is InChI=1S/C19H19.C19H15.C12H17.C8H9.C6H4.14C2H6.CH3.2W.4Y/c2*1-3-5-17-10-12-19(13-11-17)15-14-18-8-6-16(4-2)7-9-18;1-3-4-5-6-12-9-7-11(2)8-10-12;1-2-8-6-4-3-5-7-8;1-2-4-6-5-3-1;14*1-2;;;;;;;/h3,5-15H,1,4H2,2H3;6-13H,1,4H2,2H3;7-10H,2-6H2,1H3;4-7H,2H2,1H3;1-2,5-6H;14*1-2H3;1H3;;;;;;/q4*-1;-2;;;;;;;;;;;;;;;-1;2*+2;;;;. The number of rotatable bonds is 10. The van der Waals surface area contributed by atoms with E-state index in [4.69, 9.17) is 0 Å². The molecule has 0 heterocycles. The molecule has 7 aromatic rings. The summed E-state index contributed by atoms with van der Waals surface area (Å²) >= 11 is 0. The monoisotopic (exact) mass is 1990 g/mol. The molecular formula is C93H151W2Y4-3. The van der Waals surface area contributed by atoms with E-state index in [1.807, 2.05) is 261 Å². The van der Waals surface area contributed by atoms with Crippen molar-refractivity contribution in [1.82, 2.24) is 0 Å². The predicted molar refractivity (Wildman–Crippen MR) is 444 cm³/mol. The van der Waals surface area contributed by atoms with Crippen molar-refractivity contribution < 1.29 is 173 Å². The molecule has 550 valence electrons. The first-order valence-corrected chi connectivity index (χ1v) is 36.4. The summed E-state index contributed by atoms with van der Waals surface area (Å²) in [6.07, 6.45) is 16.5. The zero-order chi connectivity index (χ0) is 73.9. The molecule has 7 aromatic carbocycles. The molecule has 0 bridgehead atoms. The molecule has 0 N–H and O–H groups in total. The van der Waals surface area contributed by atoms with Crippen LogP contribution in [0.4, 0.5) is 0 Å². The SMILES string of the molecule is CC.CC.CC.CC.CC.CC.CC.CC.CC.CC.CC.CC.CC.CC.CCc1cc[c-]cc1.[CH2-]C#Cc1ccc(C#Cc2ccc(CC)cc2)cc1.[CH2-]C=Cc1ccc(C=Cc2ccc(CC)cc2)cc1.[CH2-]c1ccc(CCCCC)cc1.[CH3-].[W+2].[W+2].[Y].[Y].[Y].[Y].[c-]1cc[c-]cc1. The van der Waals surface area contributed by atoms with Gasteiger partial charge in [-0.15, -0.1) is 17.7 Å². The normalized spacial score (nSPS) is 7.19. The average Bonchev–Trinajstić information content (AvgIpc) is 0.953. The fourth-order valence-electron chi connectivity index (χ4n) is 5.86. The Labute approximate surface area is 754 Å². The van der Waals surface area contributed by atoms with E-state index >= 15 is 0 Å². The molecule has 0 atom stereocenters. The second kappa shape index (κ2) is 147. The molecule has 0 fully saturated rings. The summed E-state index contributed by atoms with van der Waals surface area (Å²) in [6.45, 7) is 75.8. The van der Waals surface area contributed by atoms with Gasteiger partial charge in [0.25, 0.3) is 0 Å². The first-order chi connectivity index (χ1) is 45.4. The van der Waals surface area contributed by atoms with E-state index in [0.29, 0.717) is 0 Å². The van der Waals surface area contributed by atoms with Gasteiger partial charge >= 0.3 is 42.1 Å². The topological polar surface area (TPSA) is 0 Å². The summed E-state index contributed by atoms with van der Waals surface area (Å²) in [4.78, 5) is 0. The van der Waals surface area contributed by atoms with Gasteiger partial charge in [0.15, 0.2) is 0 Å². The number of hydrogen-bond acceptors (Lipinski definition) is 0. The summed E-state index contributed by atoms with van der Waals surface area (Å²) in [7, 11) is 0. The molecule has 6 heteroatoms. The van der Waals surface area contributed by atoms with E-state index in [9.17, 15) is 0 Å². The van der Waals surface area contributed by atoms with Crippen molar-refractivity contribution >= 4 is 18.2 Å². The predicted octanol–water partition coefficient (Wildman–Crippen LogP) is 30.8. The molecule has 0 nitrogen and oxygen atoms in total. The third-order valence-electron chi connectivity index (χ3n) is 9.77. The minimum atomic E-state index is 0. The molecule has 0 amide bonds. The Hall–Kier alpha value is -1.46. The maximum absolute atomic E-state index is 3.86. The summed E-state index contributed by atoms with van der Waals surface area (Å²) in [6, 6.07) is 65.9. The largest absolute Gasteiger partial charge is 2.00 e. The number of unbranched alkanes of at least 4 members (excludes halogenated alkanes) is 2.